The molecule has 1 amide bonds. The first-order valence-corrected chi connectivity index (χ1v) is 12.2. The van der Waals surface area contributed by atoms with Crippen molar-refractivity contribution in [2.45, 2.75) is 17.6 Å². The predicted molar refractivity (Wildman–Crippen MR) is 123 cm³/mol. The summed E-state index contributed by atoms with van der Waals surface area (Å²) in [6.07, 6.45) is 0. The van der Waals surface area contributed by atoms with Crippen molar-refractivity contribution in [3.63, 3.8) is 0 Å². The van der Waals surface area contributed by atoms with Crippen LogP contribution in [0.2, 0.25) is 0 Å². The highest BCUT2D eigenvalue weighted by molar-refractivity contribution is 7.98. The fourth-order valence-corrected chi connectivity index (χ4v) is 5.00. The molecule has 0 unspecified atom stereocenters. The van der Waals surface area contributed by atoms with Gasteiger partial charge < -0.3 is 5.32 Å². The number of hydrogen-bond acceptors (Lipinski definition) is 4. The zero-order valence-corrected chi connectivity index (χ0v) is 18.3. The average molecular weight is 441 g/mol. The summed E-state index contributed by atoms with van der Waals surface area (Å²) in [5, 5.41) is 2.86. The van der Waals surface area contributed by atoms with Crippen LogP contribution in [0.1, 0.15) is 21.5 Å². The van der Waals surface area contributed by atoms with Crippen molar-refractivity contribution in [3.8, 4) is 0 Å². The number of carbonyl (C=O) groups excluding carboxylic acids is 1. The number of anilines is 1. The van der Waals surface area contributed by atoms with Crippen LogP contribution in [0, 0.1) is 6.92 Å². The molecule has 0 aliphatic heterocycles. The number of amides is 1. The van der Waals surface area contributed by atoms with Crippen LogP contribution in [0.4, 0.5) is 5.69 Å². The van der Waals surface area contributed by atoms with E-state index in [0.29, 0.717) is 23.4 Å². The van der Waals surface area contributed by atoms with Crippen molar-refractivity contribution >= 4 is 33.4 Å². The lowest BCUT2D eigenvalue weighted by Gasteiger charge is -2.12. The molecule has 0 spiro atoms. The maximum absolute atomic E-state index is 12.8. The van der Waals surface area contributed by atoms with E-state index in [0.717, 1.165) is 11.5 Å². The third-order valence-electron chi connectivity index (χ3n) is 4.41. The number of aryl methyl sites for hydroxylation is 1. The van der Waals surface area contributed by atoms with Gasteiger partial charge in [-0.15, -0.1) is 0 Å². The number of nitrogens with one attached hydrogen (secondary N) is 2. The normalized spacial score (nSPS) is 11.1. The topological polar surface area (TPSA) is 75.3 Å². The van der Waals surface area contributed by atoms with E-state index in [1.807, 2.05) is 24.3 Å². The smallest absolute Gasteiger partial charge is 0.262 e. The summed E-state index contributed by atoms with van der Waals surface area (Å²) in [6, 6.07) is 23.5. The Morgan fingerprint density at radius 2 is 1.60 bits per heavy atom. The summed E-state index contributed by atoms with van der Waals surface area (Å²) in [5.41, 5.74) is 2.62. The zero-order valence-electron chi connectivity index (χ0n) is 16.7. The van der Waals surface area contributed by atoms with Crippen LogP contribution in [0.15, 0.2) is 83.8 Å². The van der Waals surface area contributed by atoms with E-state index >= 15 is 0 Å². The maximum Gasteiger partial charge on any atom is 0.262 e. The number of thioether (sulfide) groups is 1. The second-order valence-electron chi connectivity index (χ2n) is 6.75. The van der Waals surface area contributed by atoms with E-state index in [4.69, 9.17) is 0 Å². The van der Waals surface area contributed by atoms with E-state index in [1.54, 1.807) is 55.1 Å². The van der Waals surface area contributed by atoms with Gasteiger partial charge in [-0.05, 0) is 42.3 Å². The fraction of sp³-hybridized carbons (Fsp3) is 0.174. The maximum atomic E-state index is 12.8. The van der Waals surface area contributed by atoms with Crippen LogP contribution in [0.25, 0.3) is 0 Å². The molecular formula is C23H24N2O3S2. The van der Waals surface area contributed by atoms with Crippen molar-refractivity contribution in [2.75, 3.05) is 17.0 Å². The highest BCUT2D eigenvalue weighted by atomic mass is 32.2. The van der Waals surface area contributed by atoms with Gasteiger partial charge in [-0.2, -0.15) is 11.8 Å². The lowest BCUT2D eigenvalue weighted by molar-refractivity contribution is 0.0956. The average Bonchev–Trinajstić information content (AvgIpc) is 2.74. The van der Waals surface area contributed by atoms with Gasteiger partial charge in [-0.1, -0.05) is 54.6 Å². The molecule has 3 rings (SSSR count). The first-order chi connectivity index (χ1) is 14.5. The molecule has 0 radical (unpaired) electrons. The number of hydrogen-bond donors (Lipinski definition) is 2. The Bertz CT molecular complexity index is 1090. The summed E-state index contributed by atoms with van der Waals surface area (Å²) in [7, 11) is -3.79. The van der Waals surface area contributed by atoms with Crippen LogP contribution >= 0.6 is 11.8 Å². The van der Waals surface area contributed by atoms with Crippen molar-refractivity contribution < 1.29 is 13.2 Å². The Morgan fingerprint density at radius 3 is 2.30 bits per heavy atom. The molecule has 7 heteroatoms. The Morgan fingerprint density at radius 1 is 0.933 bits per heavy atom. The molecule has 0 aromatic heterocycles. The van der Waals surface area contributed by atoms with Crippen molar-refractivity contribution in [1.29, 1.82) is 0 Å². The Hall–Kier alpha value is -2.77. The second kappa shape index (κ2) is 10.3. The van der Waals surface area contributed by atoms with Gasteiger partial charge in [-0.25, -0.2) is 8.42 Å². The van der Waals surface area contributed by atoms with E-state index in [9.17, 15) is 13.2 Å². The van der Waals surface area contributed by atoms with Crippen LogP contribution < -0.4 is 10.0 Å². The largest absolute Gasteiger partial charge is 0.351 e. The molecule has 0 saturated heterocycles. The lowest BCUT2D eigenvalue weighted by Crippen LogP contribution is -2.26. The lowest BCUT2D eigenvalue weighted by atomic mass is 10.1. The minimum atomic E-state index is -3.79. The van der Waals surface area contributed by atoms with Gasteiger partial charge in [0.25, 0.3) is 15.9 Å². The fourth-order valence-electron chi connectivity index (χ4n) is 2.85. The molecule has 3 aromatic rings. The third-order valence-corrected chi connectivity index (χ3v) is 6.96. The quantitative estimate of drug-likeness (QED) is 0.482. The molecular weight excluding hydrogens is 416 g/mol. The molecule has 0 saturated carbocycles. The van der Waals surface area contributed by atoms with Crippen LogP contribution in [-0.2, 0) is 15.8 Å². The van der Waals surface area contributed by atoms with E-state index in [1.165, 1.54) is 11.6 Å². The summed E-state index contributed by atoms with van der Waals surface area (Å²) in [6.45, 7) is 2.22. The number of para-hydroxylation sites is 1. The van der Waals surface area contributed by atoms with Gasteiger partial charge in [0.2, 0.25) is 0 Å². The monoisotopic (exact) mass is 440 g/mol. The predicted octanol–water partition coefficient (Wildman–Crippen LogP) is 4.46. The molecule has 156 valence electrons. The van der Waals surface area contributed by atoms with Gasteiger partial charge in [0.1, 0.15) is 0 Å². The molecule has 3 aromatic carbocycles. The van der Waals surface area contributed by atoms with Crippen molar-refractivity contribution in [2.24, 2.45) is 0 Å². The SMILES string of the molecule is Cc1ccc(C(=O)NCCSCc2ccccc2)cc1S(=O)(=O)Nc1ccccc1. The first-order valence-electron chi connectivity index (χ1n) is 9.54. The molecule has 0 atom stereocenters. The van der Waals surface area contributed by atoms with Crippen LogP contribution in [0.3, 0.4) is 0 Å². The molecule has 0 bridgehead atoms. The zero-order chi connectivity index (χ0) is 21.4. The highest BCUT2D eigenvalue weighted by Crippen LogP contribution is 2.21. The van der Waals surface area contributed by atoms with Crippen LogP contribution in [0.5, 0.6) is 0 Å². The Kier molecular flexibility index (Phi) is 7.54. The minimum absolute atomic E-state index is 0.0949. The molecule has 5 nitrogen and oxygen atoms in total. The molecule has 30 heavy (non-hydrogen) atoms. The molecule has 2 N–H and O–H groups in total. The van der Waals surface area contributed by atoms with Gasteiger partial charge in [0.05, 0.1) is 4.90 Å². The minimum Gasteiger partial charge on any atom is -0.351 e. The summed E-state index contributed by atoms with van der Waals surface area (Å²) in [4.78, 5) is 12.6. The molecule has 0 heterocycles. The number of sulfonamides is 1. The van der Waals surface area contributed by atoms with Crippen molar-refractivity contribution in [3.05, 3.63) is 95.6 Å². The van der Waals surface area contributed by atoms with Gasteiger partial charge in [0, 0.05) is 29.3 Å². The van der Waals surface area contributed by atoms with Gasteiger partial charge in [-0.3, -0.25) is 9.52 Å². The van der Waals surface area contributed by atoms with Crippen molar-refractivity contribution in [1.82, 2.24) is 5.32 Å². The van der Waals surface area contributed by atoms with E-state index < -0.39 is 10.0 Å². The number of benzene rings is 3. The standard InChI is InChI=1S/C23H24N2O3S2/c1-18-12-13-20(16-22(18)30(27,28)25-21-10-6-3-7-11-21)23(26)24-14-15-29-17-19-8-4-2-5-9-19/h2-13,16,25H,14-15,17H2,1H3,(H,24,26). The third kappa shape index (κ3) is 6.11. The highest BCUT2D eigenvalue weighted by Gasteiger charge is 2.19. The van der Waals surface area contributed by atoms with E-state index in [-0.39, 0.29) is 10.8 Å². The summed E-state index contributed by atoms with van der Waals surface area (Å²) < 4.78 is 28.1. The molecule has 0 aliphatic carbocycles. The van der Waals surface area contributed by atoms with Crippen LogP contribution in [-0.4, -0.2) is 26.6 Å². The summed E-state index contributed by atoms with van der Waals surface area (Å²) in [5.74, 6) is 1.37. The molecule has 0 aliphatic rings. The Labute approximate surface area is 182 Å². The second-order valence-corrected chi connectivity index (χ2v) is 9.50. The van der Waals surface area contributed by atoms with Gasteiger partial charge in [0.15, 0.2) is 0 Å². The number of carbonyl (C=O) groups is 1. The van der Waals surface area contributed by atoms with Gasteiger partial charge >= 0.3 is 0 Å². The van der Waals surface area contributed by atoms with E-state index in [2.05, 4.69) is 22.2 Å². The Balaban J connectivity index is 1.59. The summed E-state index contributed by atoms with van der Waals surface area (Å²) >= 11 is 1.73. The number of rotatable bonds is 9. The first kappa shape index (κ1) is 21.9. The molecule has 0 fully saturated rings.